The van der Waals surface area contributed by atoms with E-state index in [1.807, 2.05) is 54.4 Å². The van der Waals surface area contributed by atoms with Gasteiger partial charge in [0.2, 0.25) is 0 Å². The summed E-state index contributed by atoms with van der Waals surface area (Å²) in [5.41, 5.74) is 1.90. The lowest BCUT2D eigenvalue weighted by Gasteiger charge is -2.41. The number of benzene rings is 3. The van der Waals surface area contributed by atoms with Crippen LogP contribution in [-0.2, 0) is 11.2 Å². The molecule has 0 saturated heterocycles. The Morgan fingerprint density at radius 2 is 1.29 bits per heavy atom. The molecule has 0 amide bonds. The fourth-order valence-electron chi connectivity index (χ4n) is 5.58. The van der Waals surface area contributed by atoms with Crippen LogP contribution in [0.4, 0.5) is 0 Å². The Morgan fingerprint density at radius 3 is 1.87 bits per heavy atom. The molecule has 0 unspecified atom stereocenters. The third kappa shape index (κ3) is 3.01. The summed E-state index contributed by atoms with van der Waals surface area (Å²) >= 11 is 0. The highest BCUT2D eigenvalue weighted by molar-refractivity contribution is 6.02. The molecule has 1 fully saturated rings. The molecule has 4 heteroatoms. The summed E-state index contributed by atoms with van der Waals surface area (Å²) in [6, 6.07) is 31.1. The first-order valence-corrected chi connectivity index (χ1v) is 10.9. The molecule has 0 radical (unpaired) electrons. The summed E-state index contributed by atoms with van der Waals surface area (Å²) in [5, 5.41) is 11.3. The maximum absolute atomic E-state index is 14.0. The molecule has 3 aromatic rings. The van der Waals surface area contributed by atoms with Gasteiger partial charge < -0.3 is 0 Å². The first-order valence-electron chi connectivity index (χ1n) is 10.9. The maximum atomic E-state index is 14.0. The van der Waals surface area contributed by atoms with E-state index < -0.39 is 11.1 Å². The monoisotopic (exact) mass is 409 g/mol. The highest BCUT2D eigenvalue weighted by Crippen LogP contribution is 2.60. The van der Waals surface area contributed by atoms with Gasteiger partial charge in [0, 0.05) is 18.4 Å². The van der Waals surface area contributed by atoms with Crippen molar-refractivity contribution < 1.29 is 4.79 Å². The molecule has 31 heavy (non-hydrogen) atoms. The Kier molecular flexibility index (Phi) is 4.73. The largest absolute Gasteiger partial charge is 0.294 e. The van der Waals surface area contributed by atoms with Crippen LogP contribution < -0.4 is 0 Å². The minimum atomic E-state index is -0.875. The molecular formula is C27H27N3O. The molecule has 1 aliphatic carbocycles. The van der Waals surface area contributed by atoms with Gasteiger partial charge in [-0.15, -0.1) is 0 Å². The summed E-state index contributed by atoms with van der Waals surface area (Å²) < 4.78 is 0. The minimum Gasteiger partial charge on any atom is -0.294 e. The Bertz CT molecular complexity index is 1100. The van der Waals surface area contributed by atoms with Gasteiger partial charge in [-0.3, -0.25) is 9.80 Å². The Balaban J connectivity index is 1.61. The van der Waals surface area contributed by atoms with Gasteiger partial charge >= 0.3 is 0 Å². The number of nitrogens with zero attached hydrogens (tertiary/aromatic N) is 3. The molecule has 2 aliphatic rings. The number of hydrogen-bond donors (Lipinski definition) is 0. The van der Waals surface area contributed by atoms with E-state index in [9.17, 15) is 4.79 Å². The second-order valence-electron chi connectivity index (χ2n) is 8.95. The second-order valence-corrected chi connectivity index (χ2v) is 8.95. The molecule has 4 nitrogen and oxygen atoms in total. The van der Waals surface area contributed by atoms with E-state index in [2.05, 4.69) is 65.8 Å². The van der Waals surface area contributed by atoms with Gasteiger partial charge in [0.15, 0.2) is 5.78 Å². The van der Waals surface area contributed by atoms with Crippen LogP contribution in [0.25, 0.3) is 0 Å². The van der Waals surface area contributed by atoms with Gasteiger partial charge in [-0.25, -0.2) is 0 Å². The highest BCUT2D eigenvalue weighted by atomic mass is 16.1. The second kappa shape index (κ2) is 7.45. The number of carbonyl (C=O) groups is 1. The molecule has 156 valence electrons. The lowest BCUT2D eigenvalue weighted by molar-refractivity contribution is -0.135. The number of Topliss-reactive ketones (excluding diaryl/α,β-unsaturated/α-hetero) is 1. The van der Waals surface area contributed by atoms with Gasteiger partial charge in [0.1, 0.15) is 11.1 Å². The topological polar surface area (TPSA) is 45.0 Å². The predicted octanol–water partition coefficient (Wildman–Crippen LogP) is 5.58. The van der Waals surface area contributed by atoms with E-state index in [1.165, 1.54) is 5.56 Å². The van der Waals surface area contributed by atoms with E-state index in [0.29, 0.717) is 6.54 Å². The summed E-state index contributed by atoms with van der Waals surface area (Å²) in [7, 11) is 0. The summed E-state index contributed by atoms with van der Waals surface area (Å²) in [6.07, 6.45) is 0.816. The van der Waals surface area contributed by atoms with Crippen molar-refractivity contribution in [1.82, 2.24) is 5.01 Å². The van der Waals surface area contributed by atoms with Crippen LogP contribution in [0.2, 0.25) is 0 Å². The number of carbonyl (C=O) groups excluding carboxylic acids is 1. The normalized spacial score (nSPS) is 29.4. The standard InChI is InChI=1S/C27H27N3O/c1-26-23(21-14-8-4-9-15-21)24(22-16-10-5-11-17-22)27(2,25(26)31)30(29-28-26)19-18-20-12-6-3-7-13-20/h3-17,23-24H,18-19H2,1-2H3/t23-,24-,26+,27-/m0/s1. The maximum Gasteiger partial charge on any atom is 0.190 e. The molecule has 1 heterocycles. The summed E-state index contributed by atoms with van der Waals surface area (Å²) in [6.45, 7) is 4.68. The average Bonchev–Trinajstić information content (AvgIpc) is 2.92. The third-order valence-corrected chi connectivity index (χ3v) is 7.13. The van der Waals surface area contributed by atoms with Crippen LogP contribution in [0, 0.1) is 0 Å². The molecular weight excluding hydrogens is 382 g/mol. The van der Waals surface area contributed by atoms with E-state index in [1.54, 1.807) is 0 Å². The Hall–Kier alpha value is -3.27. The third-order valence-electron chi connectivity index (χ3n) is 7.13. The molecule has 4 atom stereocenters. The number of rotatable bonds is 5. The van der Waals surface area contributed by atoms with Crippen molar-refractivity contribution in [2.75, 3.05) is 6.54 Å². The van der Waals surface area contributed by atoms with Crippen molar-refractivity contribution in [3.8, 4) is 0 Å². The molecule has 1 aliphatic heterocycles. The number of ketones is 1. The minimum absolute atomic E-state index is 0.0422. The van der Waals surface area contributed by atoms with Gasteiger partial charge in [-0.1, -0.05) is 96.2 Å². The summed E-state index contributed by atoms with van der Waals surface area (Å²) in [5.74, 6) is 0.0456. The summed E-state index contributed by atoms with van der Waals surface area (Å²) in [4.78, 5) is 14.0. The van der Waals surface area contributed by atoms with Gasteiger partial charge in [-0.05, 0) is 37.0 Å². The molecule has 1 saturated carbocycles. The van der Waals surface area contributed by atoms with Crippen molar-refractivity contribution in [3.05, 3.63) is 108 Å². The SMILES string of the molecule is C[C@]12N=NN(CCc3ccccc3)[C@](C)(C1=O)[C@@H](c1ccccc1)[C@@H]2c1ccccc1. The first kappa shape index (κ1) is 19.7. The molecule has 0 N–H and O–H groups in total. The zero-order valence-electron chi connectivity index (χ0n) is 18.0. The zero-order chi connectivity index (χ0) is 21.5. The van der Waals surface area contributed by atoms with Gasteiger partial charge in [0.05, 0.1) is 0 Å². The molecule has 5 rings (SSSR count). The van der Waals surface area contributed by atoms with Crippen LogP contribution in [0.15, 0.2) is 101 Å². The van der Waals surface area contributed by atoms with Crippen LogP contribution in [0.1, 0.15) is 42.4 Å². The highest BCUT2D eigenvalue weighted by Gasteiger charge is 2.69. The van der Waals surface area contributed by atoms with Crippen LogP contribution in [0.3, 0.4) is 0 Å². The zero-order valence-corrected chi connectivity index (χ0v) is 18.0. The van der Waals surface area contributed by atoms with Crippen molar-refractivity contribution in [1.29, 1.82) is 0 Å². The molecule has 0 spiro atoms. The van der Waals surface area contributed by atoms with Crippen LogP contribution in [-0.4, -0.2) is 28.4 Å². The first-order chi connectivity index (χ1) is 15.0. The molecule has 3 aromatic carbocycles. The molecule has 2 bridgehead atoms. The lowest BCUT2D eigenvalue weighted by atomic mass is 9.74. The van der Waals surface area contributed by atoms with Gasteiger partial charge in [-0.2, -0.15) is 5.11 Å². The number of hydrogen-bond acceptors (Lipinski definition) is 4. The fourth-order valence-corrected chi connectivity index (χ4v) is 5.58. The number of fused-ring (bicyclic) bond motifs is 2. The smallest absolute Gasteiger partial charge is 0.190 e. The van der Waals surface area contributed by atoms with E-state index in [0.717, 1.165) is 17.5 Å². The molecule has 0 aromatic heterocycles. The lowest BCUT2D eigenvalue weighted by Crippen LogP contribution is -2.56. The Morgan fingerprint density at radius 1 is 0.774 bits per heavy atom. The van der Waals surface area contributed by atoms with E-state index in [4.69, 9.17) is 0 Å². The Labute approximate surface area is 183 Å². The van der Waals surface area contributed by atoms with E-state index in [-0.39, 0.29) is 17.6 Å². The predicted molar refractivity (Wildman–Crippen MR) is 122 cm³/mol. The van der Waals surface area contributed by atoms with Crippen molar-refractivity contribution in [3.63, 3.8) is 0 Å². The van der Waals surface area contributed by atoms with Crippen molar-refractivity contribution in [2.45, 2.75) is 43.2 Å². The van der Waals surface area contributed by atoms with E-state index >= 15 is 0 Å². The average molecular weight is 410 g/mol. The van der Waals surface area contributed by atoms with Crippen molar-refractivity contribution >= 4 is 5.78 Å². The fraction of sp³-hybridized carbons (Fsp3) is 0.296. The van der Waals surface area contributed by atoms with Crippen molar-refractivity contribution in [2.24, 2.45) is 10.3 Å². The van der Waals surface area contributed by atoms with Gasteiger partial charge in [0.25, 0.3) is 0 Å². The quantitative estimate of drug-likeness (QED) is 0.552. The van der Waals surface area contributed by atoms with Crippen LogP contribution >= 0.6 is 0 Å². The van der Waals surface area contributed by atoms with Crippen LogP contribution in [0.5, 0.6) is 0 Å².